The molecule has 0 heterocycles. The van der Waals surface area contributed by atoms with Gasteiger partial charge in [0.15, 0.2) is 0 Å². The number of Topliss-reactive ketones (excluding diaryl/α,β-unsaturated/α-hetero) is 1. The van der Waals surface area contributed by atoms with Crippen LogP contribution in [0, 0.1) is 5.41 Å². The van der Waals surface area contributed by atoms with Crippen LogP contribution >= 0.6 is 0 Å². The topological polar surface area (TPSA) is 154 Å². The molecule has 0 radical (unpaired) electrons. The number of hydrogen-bond donors (Lipinski definition) is 2. The van der Waals surface area contributed by atoms with E-state index in [0.717, 1.165) is 0 Å². The van der Waals surface area contributed by atoms with Crippen LogP contribution in [-0.4, -0.2) is 56.8 Å². The zero-order valence-corrected chi connectivity index (χ0v) is 24.6. The van der Waals surface area contributed by atoms with Crippen LogP contribution in [0.15, 0.2) is 60.0 Å². The lowest BCUT2D eigenvalue weighted by Gasteiger charge is -2.05. The van der Waals surface area contributed by atoms with Gasteiger partial charge < -0.3 is 24.8 Å². The minimum Gasteiger partial charge on any atom is -0.466 e. The van der Waals surface area contributed by atoms with Crippen LogP contribution in [0.3, 0.4) is 0 Å². The molecule has 0 atom stereocenters. The van der Waals surface area contributed by atoms with Crippen molar-refractivity contribution >= 4 is 35.5 Å². The average molecular weight is 551 g/mol. The van der Waals surface area contributed by atoms with Crippen molar-refractivity contribution in [2.24, 2.45) is 5.41 Å². The summed E-state index contributed by atoms with van der Waals surface area (Å²) < 4.78 is 13.5. The first kappa shape index (κ1) is 39.2. The molecular weight excluding hydrogens is 508 g/mol. The summed E-state index contributed by atoms with van der Waals surface area (Å²) >= 11 is 0. The van der Waals surface area contributed by atoms with E-state index in [1.165, 1.54) is 78.6 Å². The molecule has 0 aliphatic rings. The summed E-state index contributed by atoms with van der Waals surface area (Å²) in [7, 11) is 3.64. The third kappa shape index (κ3) is 26.6. The highest BCUT2D eigenvalue weighted by atomic mass is 16.5. The van der Waals surface area contributed by atoms with E-state index < -0.39 is 23.8 Å². The largest absolute Gasteiger partial charge is 0.466 e. The SMILES string of the molecule is C=C/C=C(\NC(C)=O)C(=O)OC.CC(C)(C)C.COC(=O)C(=CC=C/C=C(\NC(C)=O)C(=O)OC)CC(C)=O. The highest BCUT2D eigenvalue weighted by Gasteiger charge is 2.11. The summed E-state index contributed by atoms with van der Waals surface area (Å²) in [6, 6.07) is 0. The Morgan fingerprint density at radius 3 is 1.33 bits per heavy atom. The van der Waals surface area contributed by atoms with Crippen LogP contribution in [0.4, 0.5) is 0 Å². The van der Waals surface area contributed by atoms with Gasteiger partial charge in [0.25, 0.3) is 0 Å². The molecule has 0 aliphatic carbocycles. The Morgan fingerprint density at radius 1 is 0.667 bits per heavy atom. The van der Waals surface area contributed by atoms with Crippen LogP contribution in [0.2, 0.25) is 0 Å². The van der Waals surface area contributed by atoms with Gasteiger partial charge in [-0.15, -0.1) is 0 Å². The minimum atomic E-state index is -0.708. The van der Waals surface area contributed by atoms with Gasteiger partial charge in [0.05, 0.1) is 21.3 Å². The summed E-state index contributed by atoms with van der Waals surface area (Å²) in [6.45, 7) is 16.1. The maximum Gasteiger partial charge on any atom is 0.354 e. The lowest BCUT2D eigenvalue weighted by Crippen LogP contribution is -2.25. The van der Waals surface area contributed by atoms with Crippen LogP contribution in [0.25, 0.3) is 0 Å². The van der Waals surface area contributed by atoms with Crippen molar-refractivity contribution in [3.63, 3.8) is 0 Å². The van der Waals surface area contributed by atoms with Gasteiger partial charge in [0.2, 0.25) is 11.8 Å². The Hall–Kier alpha value is -4.28. The first-order valence-corrected chi connectivity index (χ1v) is 11.6. The molecule has 0 aromatic carbocycles. The van der Waals surface area contributed by atoms with Gasteiger partial charge in [-0.3, -0.25) is 14.4 Å². The van der Waals surface area contributed by atoms with Gasteiger partial charge >= 0.3 is 17.9 Å². The summed E-state index contributed by atoms with van der Waals surface area (Å²) in [4.78, 5) is 66.3. The second-order valence-electron chi connectivity index (χ2n) is 9.19. The van der Waals surface area contributed by atoms with Gasteiger partial charge in [-0.05, 0) is 24.5 Å². The van der Waals surface area contributed by atoms with Crippen LogP contribution in [0.1, 0.15) is 54.9 Å². The molecule has 0 fully saturated rings. The highest BCUT2D eigenvalue weighted by molar-refractivity contribution is 5.96. The maximum absolute atomic E-state index is 11.5. The molecule has 0 bridgehead atoms. The Labute approximate surface area is 231 Å². The van der Waals surface area contributed by atoms with Crippen molar-refractivity contribution in [2.45, 2.75) is 54.9 Å². The number of carbonyl (C=O) groups excluding carboxylic acids is 6. The van der Waals surface area contributed by atoms with Gasteiger partial charge in [0, 0.05) is 25.8 Å². The number of nitrogens with one attached hydrogen (secondary N) is 2. The minimum absolute atomic E-state index is 0.0502. The van der Waals surface area contributed by atoms with Crippen molar-refractivity contribution in [1.29, 1.82) is 0 Å². The molecule has 0 spiro atoms. The van der Waals surface area contributed by atoms with E-state index in [9.17, 15) is 28.8 Å². The lowest BCUT2D eigenvalue weighted by molar-refractivity contribution is -0.138. The van der Waals surface area contributed by atoms with Crippen LogP contribution < -0.4 is 10.6 Å². The molecule has 0 aromatic rings. The fraction of sp³-hybridized carbons (Fsp3) is 0.429. The van der Waals surface area contributed by atoms with E-state index >= 15 is 0 Å². The lowest BCUT2D eigenvalue weighted by atomic mass is 10.0. The zero-order chi connectivity index (χ0) is 31.2. The molecule has 0 rings (SSSR count). The maximum atomic E-state index is 11.5. The first-order chi connectivity index (χ1) is 17.9. The van der Waals surface area contributed by atoms with E-state index in [1.54, 1.807) is 0 Å². The van der Waals surface area contributed by atoms with Crippen molar-refractivity contribution < 1.29 is 43.0 Å². The summed E-state index contributed by atoms with van der Waals surface area (Å²) in [5, 5.41) is 4.62. The number of amides is 2. The van der Waals surface area contributed by atoms with Crippen LogP contribution in [0.5, 0.6) is 0 Å². The number of esters is 3. The monoisotopic (exact) mass is 550 g/mol. The van der Waals surface area contributed by atoms with Gasteiger partial charge in [-0.2, -0.15) is 0 Å². The first-order valence-electron chi connectivity index (χ1n) is 11.6. The van der Waals surface area contributed by atoms with E-state index in [0.29, 0.717) is 5.41 Å². The quantitative estimate of drug-likeness (QED) is 0.181. The molecule has 0 saturated carbocycles. The Balaban J connectivity index is -0.000000634. The third-order valence-electron chi connectivity index (χ3n) is 3.27. The smallest absolute Gasteiger partial charge is 0.354 e. The average Bonchev–Trinajstić information content (AvgIpc) is 2.81. The molecule has 0 aromatic heterocycles. The van der Waals surface area contributed by atoms with Crippen molar-refractivity contribution in [2.75, 3.05) is 21.3 Å². The Kier molecular flexibility index (Phi) is 21.9. The van der Waals surface area contributed by atoms with E-state index in [-0.39, 0.29) is 35.1 Å². The molecule has 39 heavy (non-hydrogen) atoms. The van der Waals surface area contributed by atoms with Crippen molar-refractivity contribution in [3.8, 4) is 0 Å². The van der Waals surface area contributed by atoms with Crippen molar-refractivity contribution in [1.82, 2.24) is 10.6 Å². The Bertz CT molecular complexity index is 941. The van der Waals surface area contributed by atoms with Crippen LogP contribution in [-0.2, 0) is 43.0 Å². The van der Waals surface area contributed by atoms with Gasteiger partial charge in [-0.1, -0.05) is 58.6 Å². The third-order valence-corrected chi connectivity index (χ3v) is 3.27. The molecule has 11 heteroatoms. The fourth-order valence-corrected chi connectivity index (χ4v) is 1.96. The predicted octanol–water partition coefficient (Wildman–Crippen LogP) is 3.23. The van der Waals surface area contributed by atoms with Gasteiger partial charge in [-0.25, -0.2) is 14.4 Å². The number of rotatable bonds is 10. The number of ether oxygens (including phenoxy) is 3. The Morgan fingerprint density at radius 2 is 1.03 bits per heavy atom. The normalized spacial score (nSPS) is 11.5. The van der Waals surface area contributed by atoms with E-state index in [1.807, 2.05) is 0 Å². The number of allylic oxidation sites excluding steroid dienone is 6. The molecular formula is C28H42N2O9. The number of hydrogen-bond acceptors (Lipinski definition) is 9. The number of ketones is 1. The van der Waals surface area contributed by atoms with E-state index in [2.05, 4.69) is 59.1 Å². The summed E-state index contributed by atoms with van der Waals surface area (Å²) in [5.41, 5.74) is 0.713. The molecule has 0 saturated heterocycles. The van der Waals surface area contributed by atoms with E-state index in [4.69, 9.17) is 0 Å². The standard InChI is InChI=1S/C15H19NO6.C8H11NO3.C5H12/c1-10(17)9-12(14(19)21-3)7-5-6-8-13(15(20)22-4)16-11(2)18;1-4-5-7(8(11)12-3)9-6(2)10;1-5(2,3)4/h5-8H,9H2,1-4H3,(H,16,18);4-5H,1H2,2-3H3,(H,9,10);1-4H3/b6-5?,12-7?,13-8-;7-5-;. The zero-order valence-electron chi connectivity index (χ0n) is 24.6. The molecule has 11 nitrogen and oxygen atoms in total. The summed E-state index contributed by atoms with van der Waals surface area (Å²) in [6.07, 6.45) is 8.27. The molecule has 0 aliphatic heterocycles. The van der Waals surface area contributed by atoms with Gasteiger partial charge in [0.1, 0.15) is 17.2 Å². The molecule has 2 N–H and O–H groups in total. The molecule has 0 unspecified atom stereocenters. The number of methoxy groups -OCH3 is 3. The fourth-order valence-electron chi connectivity index (χ4n) is 1.96. The highest BCUT2D eigenvalue weighted by Crippen LogP contribution is 2.08. The second-order valence-corrected chi connectivity index (χ2v) is 9.19. The molecule has 2 amide bonds. The molecule has 218 valence electrons. The number of carbonyl (C=O) groups is 6. The van der Waals surface area contributed by atoms with Crippen molar-refractivity contribution in [3.05, 3.63) is 60.0 Å². The summed E-state index contributed by atoms with van der Waals surface area (Å²) in [5.74, 6) is -2.85. The predicted molar refractivity (Wildman–Crippen MR) is 148 cm³/mol. The second kappa shape index (κ2) is 21.8.